The lowest BCUT2D eigenvalue weighted by molar-refractivity contribution is 0.102. The zero-order valence-electron chi connectivity index (χ0n) is 13.5. The van der Waals surface area contributed by atoms with E-state index in [9.17, 15) is 15.0 Å². The minimum Gasteiger partial charge on any atom is -0.507 e. The molecule has 5 nitrogen and oxygen atoms in total. The van der Waals surface area contributed by atoms with Gasteiger partial charge in [-0.25, -0.2) is 0 Å². The third-order valence-electron chi connectivity index (χ3n) is 4.90. The number of phenolic OH excluding ortho intramolecular Hbond substituents is 2. The Balaban J connectivity index is 2.38. The molecule has 0 aliphatic heterocycles. The molecule has 0 atom stereocenters. The first-order valence-corrected chi connectivity index (χ1v) is 8.00. The monoisotopic (exact) mass is 332 g/mol. The maximum Gasteiger partial charge on any atom is 0.201 e. The van der Waals surface area contributed by atoms with E-state index >= 15 is 0 Å². The molecule has 124 valence electrons. The molecular weight excluding hydrogens is 316 g/mol. The molecule has 0 fully saturated rings. The molecule has 0 unspecified atom stereocenters. The van der Waals surface area contributed by atoms with Gasteiger partial charge in [0.05, 0.1) is 23.3 Å². The first kappa shape index (κ1) is 16.5. The SMILES string of the molecule is N#CCCC1(CCC#N)c2cccc(O)c2C(=O)c2c(O)cccc21. The van der Waals surface area contributed by atoms with Crippen LogP contribution in [-0.2, 0) is 5.41 Å². The largest absolute Gasteiger partial charge is 0.507 e. The second-order valence-electron chi connectivity index (χ2n) is 6.13. The minimum atomic E-state index is -0.776. The molecule has 3 rings (SSSR count). The van der Waals surface area contributed by atoms with Crippen LogP contribution in [0.4, 0.5) is 0 Å². The third-order valence-corrected chi connectivity index (χ3v) is 4.90. The Morgan fingerprint density at radius 3 is 1.68 bits per heavy atom. The van der Waals surface area contributed by atoms with Gasteiger partial charge in [-0.15, -0.1) is 0 Å². The molecule has 0 heterocycles. The molecule has 0 aromatic heterocycles. The third kappa shape index (κ3) is 2.42. The topological polar surface area (TPSA) is 105 Å². The number of carbonyl (C=O) groups excluding carboxylic acids is 1. The highest BCUT2D eigenvalue weighted by Crippen LogP contribution is 2.51. The van der Waals surface area contributed by atoms with Gasteiger partial charge in [-0.2, -0.15) is 10.5 Å². The molecule has 0 saturated heterocycles. The summed E-state index contributed by atoms with van der Waals surface area (Å²) in [6.07, 6.45) is 1.24. The highest BCUT2D eigenvalue weighted by atomic mass is 16.3. The van der Waals surface area contributed by atoms with Crippen LogP contribution in [0.3, 0.4) is 0 Å². The van der Waals surface area contributed by atoms with Crippen molar-refractivity contribution in [3.05, 3.63) is 58.7 Å². The first-order chi connectivity index (χ1) is 12.1. The summed E-state index contributed by atoms with van der Waals surface area (Å²) < 4.78 is 0. The predicted molar refractivity (Wildman–Crippen MR) is 90.1 cm³/mol. The van der Waals surface area contributed by atoms with Crippen molar-refractivity contribution in [1.82, 2.24) is 0 Å². The zero-order chi connectivity index (χ0) is 18.0. The van der Waals surface area contributed by atoms with Crippen LogP contribution in [0, 0.1) is 22.7 Å². The van der Waals surface area contributed by atoms with Gasteiger partial charge in [0.25, 0.3) is 0 Å². The highest BCUT2D eigenvalue weighted by Gasteiger charge is 2.45. The number of rotatable bonds is 4. The summed E-state index contributed by atoms with van der Waals surface area (Å²) in [5.74, 6) is -0.755. The Kier molecular flexibility index (Phi) is 4.17. The van der Waals surface area contributed by atoms with Crippen molar-refractivity contribution in [2.75, 3.05) is 0 Å². The Morgan fingerprint density at radius 1 is 0.840 bits per heavy atom. The van der Waals surface area contributed by atoms with Crippen LogP contribution in [0.25, 0.3) is 0 Å². The fraction of sp³-hybridized carbons (Fsp3) is 0.250. The maximum absolute atomic E-state index is 12.9. The molecule has 5 heteroatoms. The number of hydrogen-bond acceptors (Lipinski definition) is 5. The molecular formula is C20H16N2O3. The van der Waals surface area contributed by atoms with Gasteiger partial charge in [0, 0.05) is 18.3 Å². The maximum atomic E-state index is 12.9. The molecule has 2 aromatic carbocycles. The Labute approximate surface area is 145 Å². The van der Waals surface area contributed by atoms with Gasteiger partial charge >= 0.3 is 0 Å². The normalized spacial score (nSPS) is 14.1. The number of nitrogens with zero attached hydrogens (tertiary/aromatic N) is 2. The molecule has 1 aliphatic carbocycles. The van der Waals surface area contributed by atoms with Crippen LogP contribution in [0.15, 0.2) is 36.4 Å². The van der Waals surface area contributed by atoms with E-state index in [0.29, 0.717) is 24.0 Å². The molecule has 0 spiro atoms. The summed E-state index contributed by atoms with van der Waals surface area (Å²) in [5, 5.41) is 38.8. The van der Waals surface area contributed by atoms with Crippen molar-refractivity contribution in [3.8, 4) is 23.6 Å². The van der Waals surface area contributed by atoms with Gasteiger partial charge in [-0.05, 0) is 36.1 Å². The second kappa shape index (κ2) is 6.30. The average molecular weight is 332 g/mol. The average Bonchev–Trinajstić information content (AvgIpc) is 2.61. The Bertz CT molecular complexity index is 859. The smallest absolute Gasteiger partial charge is 0.201 e. The lowest BCUT2D eigenvalue weighted by Crippen LogP contribution is -2.36. The second-order valence-corrected chi connectivity index (χ2v) is 6.13. The number of nitriles is 2. The predicted octanol–water partition coefficient (Wildman–Crippen LogP) is 3.54. The van der Waals surface area contributed by atoms with Crippen molar-refractivity contribution in [1.29, 1.82) is 10.5 Å². The fourth-order valence-electron chi connectivity index (χ4n) is 3.83. The van der Waals surface area contributed by atoms with Crippen molar-refractivity contribution in [2.45, 2.75) is 31.1 Å². The number of benzene rings is 2. The van der Waals surface area contributed by atoms with Crippen molar-refractivity contribution in [2.24, 2.45) is 0 Å². The summed E-state index contributed by atoms with van der Waals surface area (Å²) in [5.41, 5.74) is 0.739. The molecule has 0 saturated carbocycles. The molecule has 0 bridgehead atoms. The van der Waals surface area contributed by atoms with Crippen molar-refractivity contribution < 1.29 is 15.0 Å². The Morgan fingerprint density at radius 2 is 1.28 bits per heavy atom. The summed E-state index contributed by atoms with van der Waals surface area (Å²) in [6.45, 7) is 0. The van der Waals surface area contributed by atoms with E-state index in [0.717, 1.165) is 0 Å². The van der Waals surface area contributed by atoms with Crippen molar-refractivity contribution >= 4 is 5.78 Å². The summed E-state index contributed by atoms with van der Waals surface area (Å²) in [7, 11) is 0. The lowest BCUT2D eigenvalue weighted by Gasteiger charge is -2.40. The number of ketones is 1. The number of aromatic hydroxyl groups is 2. The van der Waals surface area contributed by atoms with Gasteiger partial charge in [0.2, 0.25) is 5.78 Å². The summed E-state index contributed by atoms with van der Waals surface area (Å²) >= 11 is 0. The zero-order valence-corrected chi connectivity index (χ0v) is 13.5. The van der Waals surface area contributed by atoms with Gasteiger partial charge in [-0.1, -0.05) is 24.3 Å². The van der Waals surface area contributed by atoms with Crippen LogP contribution in [-0.4, -0.2) is 16.0 Å². The number of fused-ring (bicyclic) bond motifs is 2. The fourth-order valence-corrected chi connectivity index (χ4v) is 3.83. The number of phenols is 2. The molecule has 0 amide bonds. The Hall–Kier alpha value is -3.31. The van der Waals surface area contributed by atoms with Crippen LogP contribution >= 0.6 is 0 Å². The van der Waals surface area contributed by atoms with E-state index in [2.05, 4.69) is 12.1 Å². The number of hydrogen-bond donors (Lipinski definition) is 2. The van der Waals surface area contributed by atoms with Crippen LogP contribution < -0.4 is 0 Å². The standard InChI is InChI=1S/C20H16N2O3/c21-11-3-9-20(10-4-12-22)13-5-1-7-15(23)17(13)19(25)18-14(20)6-2-8-16(18)24/h1-2,5-8,23-24H,3-4,9-10H2. The first-order valence-electron chi connectivity index (χ1n) is 8.00. The van der Waals surface area contributed by atoms with E-state index < -0.39 is 11.2 Å². The molecule has 2 N–H and O–H groups in total. The van der Waals surface area contributed by atoms with Crippen LogP contribution in [0.2, 0.25) is 0 Å². The summed E-state index contributed by atoms with van der Waals surface area (Å²) in [6, 6.07) is 13.9. The van der Waals surface area contributed by atoms with Gasteiger partial charge in [0.15, 0.2) is 0 Å². The summed E-state index contributed by atoms with van der Waals surface area (Å²) in [4.78, 5) is 12.9. The quantitative estimate of drug-likeness (QED) is 0.891. The van der Waals surface area contributed by atoms with E-state index in [4.69, 9.17) is 10.5 Å². The minimum absolute atomic E-state index is 0.146. The van der Waals surface area contributed by atoms with E-state index in [1.54, 1.807) is 24.3 Å². The lowest BCUT2D eigenvalue weighted by atomic mass is 9.61. The molecule has 2 aromatic rings. The molecule has 0 radical (unpaired) electrons. The highest BCUT2D eigenvalue weighted by molar-refractivity contribution is 6.16. The van der Waals surface area contributed by atoms with Crippen LogP contribution in [0.5, 0.6) is 11.5 Å². The van der Waals surface area contributed by atoms with Gasteiger partial charge in [-0.3, -0.25) is 4.79 Å². The van der Waals surface area contributed by atoms with Crippen LogP contribution in [0.1, 0.15) is 52.7 Å². The number of carbonyl (C=O) groups is 1. The molecule has 25 heavy (non-hydrogen) atoms. The molecule has 1 aliphatic rings. The van der Waals surface area contributed by atoms with E-state index in [1.165, 1.54) is 12.1 Å². The van der Waals surface area contributed by atoms with Crippen molar-refractivity contribution in [3.63, 3.8) is 0 Å². The van der Waals surface area contributed by atoms with E-state index in [-0.39, 0.29) is 35.5 Å². The van der Waals surface area contributed by atoms with E-state index in [1.807, 2.05) is 0 Å². The van der Waals surface area contributed by atoms with Gasteiger partial charge < -0.3 is 10.2 Å². The van der Waals surface area contributed by atoms with Gasteiger partial charge in [0.1, 0.15) is 11.5 Å².